The van der Waals surface area contributed by atoms with E-state index >= 15 is 0 Å². The smallest absolute Gasteiger partial charge is 0.135 e. The molecule has 0 amide bonds. The number of para-hydroxylation sites is 1. The summed E-state index contributed by atoms with van der Waals surface area (Å²) in [5, 5.41) is 1.60. The molecule has 0 N–H and O–H groups in total. The van der Waals surface area contributed by atoms with E-state index in [9.17, 15) is 0 Å². The van der Waals surface area contributed by atoms with Crippen LogP contribution in [-0.4, -0.2) is 11.6 Å². The molecule has 0 bridgehead atoms. The summed E-state index contributed by atoms with van der Waals surface area (Å²) in [5.41, 5.74) is 2.96. The van der Waals surface area contributed by atoms with Crippen LogP contribution in [0.25, 0.3) is 10.9 Å². The molecule has 94 valence electrons. The fraction of sp³-hybridized carbons (Fsp3) is 0.267. The van der Waals surface area contributed by atoms with Crippen LogP contribution in [0.5, 0.6) is 0 Å². The van der Waals surface area contributed by atoms with Gasteiger partial charge in [-0.3, -0.25) is 0 Å². The maximum atomic E-state index is 6.14. The molecule has 1 aromatic carbocycles. The molecule has 0 aliphatic heterocycles. The third kappa shape index (κ3) is 3.31. The van der Waals surface area contributed by atoms with E-state index in [0.29, 0.717) is 18.4 Å². The maximum absolute atomic E-state index is 6.14. The predicted octanol–water partition coefficient (Wildman–Crippen LogP) is 4.37. The normalized spacial score (nSPS) is 10.8. The summed E-state index contributed by atoms with van der Waals surface area (Å²) in [7, 11) is 0. The van der Waals surface area contributed by atoms with Gasteiger partial charge in [-0.2, -0.15) is 0 Å². The minimum atomic E-state index is 0.490. The molecule has 0 radical (unpaired) electrons. The van der Waals surface area contributed by atoms with Crippen molar-refractivity contribution < 1.29 is 4.74 Å². The van der Waals surface area contributed by atoms with Gasteiger partial charge in [0.05, 0.1) is 18.7 Å². The third-order valence-electron chi connectivity index (χ3n) is 2.68. The minimum absolute atomic E-state index is 0.490. The number of rotatable bonds is 5. The summed E-state index contributed by atoms with van der Waals surface area (Å²) < 4.78 is 5.57. The summed E-state index contributed by atoms with van der Waals surface area (Å²) >= 11 is 6.14. The standard InChI is InChI=1S/C15H16ClNO/c1-11(2)7-8-18-10-13-9-12-5-3-4-6-14(12)17-15(13)16/h3-6,9H,1,7-8,10H2,2H3. The van der Waals surface area contributed by atoms with Crippen molar-refractivity contribution in [2.45, 2.75) is 20.0 Å². The van der Waals surface area contributed by atoms with Crippen molar-refractivity contribution in [2.75, 3.05) is 6.61 Å². The largest absolute Gasteiger partial charge is 0.376 e. The molecular formula is C15H16ClNO. The fourth-order valence-corrected chi connectivity index (χ4v) is 1.87. The Kier molecular flexibility index (Phi) is 4.34. The molecule has 0 fully saturated rings. The highest BCUT2D eigenvalue weighted by atomic mass is 35.5. The van der Waals surface area contributed by atoms with E-state index in [0.717, 1.165) is 28.5 Å². The van der Waals surface area contributed by atoms with E-state index in [4.69, 9.17) is 16.3 Å². The Hall–Kier alpha value is -1.38. The SMILES string of the molecule is C=C(C)CCOCc1cc2ccccc2nc1Cl. The predicted molar refractivity (Wildman–Crippen MR) is 75.8 cm³/mol. The van der Waals surface area contributed by atoms with Gasteiger partial charge in [-0.05, 0) is 25.5 Å². The zero-order valence-corrected chi connectivity index (χ0v) is 11.2. The van der Waals surface area contributed by atoms with Gasteiger partial charge < -0.3 is 4.74 Å². The van der Waals surface area contributed by atoms with Gasteiger partial charge in [0.15, 0.2) is 0 Å². The Morgan fingerprint density at radius 1 is 1.39 bits per heavy atom. The second-order valence-corrected chi connectivity index (χ2v) is 4.75. The van der Waals surface area contributed by atoms with Gasteiger partial charge in [-0.25, -0.2) is 4.98 Å². The molecule has 2 aromatic rings. The molecule has 2 nitrogen and oxygen atoms in total. The van der Waals surface area contributed by atoms with Crippen LogP contribution in [0, 0.1) is 0 Å². The number of hydrogen-bond acceptors (Lipinski definition) is 2. The first kappa shape index (κ1) is 13.1. The summed E-state index contributed by atoms with van der Waals surface area (Å²) in [6.45, 7) is 6.99. The highest BCUT2D eigenvalue weighted by Crippen LogP contribution is 2.21. The zero-order chi connectivity index (χ0) is 13.0. The van der Waals surface area contributed by atoms with Crippen LogP contribution in [0.15, 0.2) is 42.5 Å². The van der Waals surface area contributed by atoms with Gasteiger partial charge in [-0.15, -0.1) is 6.58 Å². The number of benzene rings is 1. The van der Waals surface area contributed by atoms with E-state index in [2.05, 4.69) is 11.6 Å². The van der Waals surface area contributed by atoms with Gasteiger partial charge in [0.1, 0.15) is 5.15 Å². The average Bonchev–Trinajstić information content (AvgIpc) is 2.34. The third-order valence-corrected chi connectivity index (χ3v) is 3.01. The lowest BCUT2D eigenvalue weighted by atomic mass is 10.2. The zero-order valence-electron chi connectivity index (χ0n) is 10.4. The summed E-state index contributed by atoms with van der Waals surface area (Å²) in [6.07, 6.45) is 0.874. The lowest BCUT2D eigenvalue weighted by Crippen LogP contribution is -1.98. The van der Waals surface area contributed by atoms with Crippen molar-refractivity contribution in [3.05, 3.63) is 53.2 Å². The lowest BCUT2D eigenvalue weighted by Gasteiger charge is -2.07. The van der Waals surface area contributed by atoms with Crippen LogP contribution < -0.4 is 0 Å². The number of hydrogen-bond donors (Lipinski definition) is 0. The fourth-order valence-electron chi connectivity index (χ4n) is 1.67. The molecule has 0 saturated carbocycles. The number of halogens is 1. The molecule has 0 atom stereocenters. The van der Waals surface area contributed by atoms with Gasteiger partial charge in [0, 0.05) is 10.9 Å². The molecule has 18 heavy (non-hydrogen) atoms. The van der Waals surface area contributed by atoms with Gasteiger partial charge in [-0.1, -0.05) is 35.4 Å². The molecule has 0 unspecified atom stereocenters. The van der Waals surface area contributed by atoms with Crippen LogP contribution in [0.3, 0.4) is 0 Å². The lowest BCUT2D eigenvalue weighted by molar-refractivity contribution is 0.124. The van der Waals surface area contributed by atoms with Crippen LogP contribution in [0.2, 0.25) is 5.15 Å². The quantitative estimate of drug-likeness (QED) is 0.453. The maximum Gasteiger partial charge on any atom is 0.135 e. The Balaban J connectivity index is 2.08. The van der Waals surface area contributed by atoms with E-state index in [1.54, 1.807) is 0 Å². The number of pyridine rings is 1. The van der Waals surface area contributed by atoms with Gasteiger partial charge >= 0.3 is 0 Å². The second-order valence-electron chi connectivity index (χ2n) is 4.39. The molecule has 1 aromatic heterocycles. The Morgan fingerprint density at radius 3 is 2.94 bits per heavy atom. The summed E-state index contributed by atoms with van der Waals surface area (Å²) in [6, 6.07) is 9.95. The van der Waals surface area contributed by atoms with Crippen molar-refractivity contribution >= 4 is 22.5 Å². The highest BCUT2D eigenvalue weighted by Gasteiger charge is 2.04. The second kappa shape index (κ2) is 5.98. The van der Waals surface area contributed by atoms with E-state index < -0.39 is 0 Å². The number of ether oxygens (including phenoxy) is 1. The molecule has 0 saturated heterocycles. The van der Waals surface area contributed by atoms with Crippen LogP contribution in [0.1, 0.15) is 18.9 Å². The summed E-state index contributed by atoms with van der Waals surface area (Å²) in [5.74, 6) is 0. The molecule has 0 aliphatic rings. The monoisotopic (exact) mass is 261 g/mol. The molecular weight excluding hydrogens is 246 g/mol. The van der Waals surface area contributed by atoms with Crippen LogP contribution in [0.4, 0.5) is 0 Å². The number of nitrogens with zero attached hydrogens (tertiary/aromatic N) is 1. The van der Waals surface area contributed by atoms with Gasteiger partial charge in [0.2, 0.25) is 0 Å². The van der Waals surface area contributed by atoms with Crippen molar-refractivity contribution in [3.8, 4) is 0 Å². The van der Waals surface area contributed by atoms with E-state index in [1.807, 2.05) is 37.3 Å². The Morgan fingerprint density at radius 2 is 2.17 bits per heavy atom. The molecule has 3 heteroatoms. The highest BCUT2D eigenvalue weighted by molar-refractivity contribution is 6.30. The van der Waals surface area contributed by atoms with E-state index in [-0.39, 0.29) is 0 Å². The minimum Gasteiger partial charge on any atom is -0.376 e. The Bertz CT molecular complexity index is 565. The van der Waals surface area contributed by atoms with E-state index in [1.165, 1.54) is 0 Å². The molecule has 0 aliphatic carbocycles. The summed E-state index contributed by atoms with van der Waals surface area (Å²) in [4.78, 5) is 4.36. The molecule has 1 heterocycles. The first-order chi connectivity index (χ1) is 8.66. The van der Waals surface area contributed by atoms with Crippen molar-refractivity contribution in [3.63, 3.8) is 0 Å². The van der Waals surface area contributed by atoms with Crippen molar-refractivity contribution in [1.29, 1.82) is 0 Å². The molecule has 2 rings (SSSR count). The first-order valence-electron chi connectivity index (χ1n) is 5.93. The van der Waals surface area contributed by atoms with Crippen LogP contribution >= 0.6 is 11.6 Å². The van der Waals surface area contributed by atoms with Gasteiger partial charge in [0.25, 0.3) is 0 Å². The van der Waals surface area contributed by atoms with Crippen molar-refractivity contribution in [2.24, 2.45) is 0 Å². The number of fused-ring (bicyclic) bond motifs is 1. The van der Waals surface area contributed by atoms with Crippen LogP contribution in [-0.2, 0) is 11.3 Å². The Labute approximate surface area is 112 Å². The topological polar surface area (TPSA) is 22.1 Å². The van der Waals surface area contributed by atoms with Crippen molar-refractivity contribution in [1.82, 2.24) is 4.98 Å². The first-order valence-corrected chi connectivity index (χ1v) is 6.31. The molecule has 0 spiro atoms. The average molecular weight is 262 g/mol. The number of aromatic nitrogens is 1.